The predicted octanol–water partition coefficient (Wildman–Crippen LogP) is 10.2. The Morgan fingerprint density at radius 1 is 0.533 bits per heavy atom. The molecule has 2 aliphatic rings. The maximum Gasteiger partial charge on any atom is 0.193 e. The van der Waals surface area contributed by atoms with E-state index in [4.69, 9.17) is 9.47 Å². The Kier molecular flexibility index (Phi) is 6.25. The fourth-order valence-electron chi connectivity index (χ4n) is 7.28. The van der Waals surface area contributed by atoms with Crippen LogP contribution in [0, 0.1) is 0 Å². The van der Waals surface area contributed by atoms with Gasteiger partial charge in [0.05, 0.1) is 12.5 Å². The highest BCUT2D eigenvalue weighted by atomic mass is 16.5. The maximum absolute atomic E-state index is 13.1. The van der Waals surface area contributed by atoms with Gasteiger partial charge in [0.1, 0.15) is 17.2 Å². The zero-order valence-corrected chi connectivity index (χ0v) is 25.5. The van der Waals surface area contributed by atoms with Crippen LogP contribution in [0.2, 0.25) is 0 Å². The Labute approximate surface area is 263 Å². The van der Waals surface area contributed by atoms with E-state index < -0.39 is 5.41 Å². The van der Waals surface area contributed by atoms with Gasteiger partial charge in [0.2, 0.25) is 0 Å². The van der Waals surface area contributed by atoms with Crippen LogP contribution < -0.4 is 9.47 Å². The summed E-state index contributed by atoms with van der Waals surface area (Å²) < 4.78 is 11.7. The topological polar surface area (TPSA) is 35.5 Å². The van der Waals surface area contributed by atoms with Gasteiger partial charge in [0.15, 0.2) is 5.78 Å². The molecule has 45 heavy (non-hydrogen) atoms. The largest absolute Gasteiger partial charge is 0.497 e. The number of hydrogen-bond acceptors (Lipinski definition) is 3. The predicted molar refractivity (Wildman–Crippen MR) is 180 cm³/mol. The van der Waals surface area contributed by atoms with E-state index in [0.29, 0.717) is 22.8 Å². The third-order valence-corrected chi connectivity index (χ3v) is 9.46. The first-order valence-electron chi connectivity index (χ1n) is 15.4. The molecule has 0 radical (unpaired) electrons. The van der Waals surface area contributed by atoms with Gasteiger partial charge in [0, 0.05) is 11.1 Å². The quantitative estimate of drug-likeness (QED) is 0.182. The van der Waals surface area contributed by atoms with Crippen molar-refractivity contribution in [1.29, 1.82) is 0 Å². The average molecular weight is 585 g/mol. The lowest BCUT2D eigenvalue weighted by Gasteiger charge is -2.31. The van der Waals surface area contributed by atoms with Gasteiger partial charge >= 0.3 is 0 Å². The van der Waals surface area contributed by atoms with Crippen molar-refractivity contribution in [2.75, 3.05) is 7.11 Å². The molecule has 3 heteroatoms. The van der Waals surface area contributed by atoms with Crippen LogP contribution in [0.15, 0.2) is 133 Å². The fourth-order valence-corrected chi connectivity index (χ4v) is 7.28. The standard InChI is InChI=1S/C42H32O3/c1-26(2)29-16-22-35-36-23-21-32(45-31-19-14-28(15-20-31)41(43)27-12-17-30(44-3)18-13-27)25-40(36)42(39(35)24-29)37-10-6-4-8-33(37)34-9-5-7-11-38(34)42/h4-26H,1-3H3. The number of carbonyl (C=O) groups excluding carboxylic acids is 1. The van der Waals surface area contributed by atoms with Crippen LogP contribution in [0.25, 0.3) is 22.3 Å². The first kappa shape index (κ1) is 27.2. The second-order valence-corrected chi connectivity index (χ2v) is 12.2. The summed E-state index contributed by atoms with van der Waals surface area (Å²) in [6, 6.07) is 45.7. The molecule has 6 aromatic rings. The zero-order valence-electron chi connectivity index (χ0n) is 25.5. The van der Waals surface area contributed by atoms with Crippen molar-refractivity contribution in [3.8, 4) is 39.5 Å². The Balaban J connectivity index is 1.21. The van der Waals surface area contributed by atoms with E-state index in [-0.39, 0.29) is 5.78 Å². The normalized spacial score (nSPS) is 13.2. The lowest BCUT2D eigenvalue weighted by Crippen LogP contribution is -2.26. The van der Waals surface area contributed by atoms with Crippen molar-refractivity contribution in [3.63, 3.8) is 0 Å². The van der Waals surface area contributed by atoms with Crippen LogP contribution in [-0.4, -0.2) is 12.9 Å². The fraction of sp³-hybridized carbons (Fsp3) is 0.119. The van der Waals surface area contributed by atoms with E-state index in [9.17, 15) is 4.79 Å². The summed E-state index contributed by atoms with van der Waals surface area (Å²) in [4.78, 5) is 13.1. The molecule has 0 atom stereocenters. The molecule has 0 aliphatic heterocycles. The SMILES string of the molecule is COc1ccc(C(=O)c2ccc(Oc3ccc4c(c3)C3(c5ccccc5-c5ccccc53)c3cc(C(C)C)ccc3-4)cc2)cc1. The summed E-state index contributed by atoms with van der Waals surface area (Å²) in [5, 5.41) is 0. The molecule has 3 nitrogen and oxygen atoms in total. The van der Waals surface area contributed by atoms with Crippen LogP contribution in [-0.2, 0) is 5.41 Å². The molecule has 0 saturated carbocycles. The van der Waals surface area contributed by atoms with Gasteiger partial charge in [-0.1, -0.05) is 86.6 Å². The van der Waals surface area contributed by atoms with E-state index in [1.807, 2.05) is 24.3 Å². The van der Waals surface area contributed by atoms with Crippen LogP contribution in [0.1, 0.15) is 63.5 Å². The van der Waals surface area contributed by atoms with Crippen LogP contribution in [0.3, 0.4) is 0 Å². The van der Waals surface area contributed by atoms with Gasteiger partial charge in [-0.15, -0.1) is 0 Å². The summed E-state index contributed by atoms with van der Waals surface area (Å²) in [7, 11) is 1.61. The molecule has 6 aromatic carbocycles. The number of ether oxygens (including phenoxy) is 2. The summed E-state index contributed by atoms with van der Waals surface area (Å²) in [5.41, 5.74) is 12.4. The lowest BCUT2D eigenvalue weighted by atomic mass is 9.70. The van der Waals surface area contributed by atoms with Crippen molar-refractivity contribution >= 4 is 5.78 Å². The van der Waals surface area contributed by atoms with Crippen molar-refractivity contribution in [2.45, 2.75) is 25.2 Å². The summed E-state index contributed by atoms with van der Waals surface area (Å²) in [6.07, 6.45) is 0. The first-order valence-corrected chi connectivity index (χ1v) is 15.4. The minimum absolute atomic E-state index is 0.0410. The van der Waals surface area contributed by atoms with Gasteiger partial charge in [-0.3, -0.25) is 4.79 Å². The molecule has 0 aromatic heterocycles. The highest BCUT2D eigenvalue weighted by molar-refractivity contribution is 6.09. The average Bonchev–Trinajstić information content (AvgIpc) is 3.55. The smallest absolute Gasteiger partial charge is 0.193 e. The second-order valence-electron chi connectivity index (χ2n) is 12.2. The Morgan fingerprint density at radius 2 is 1.02 bits per heavy atom. The number of carbonyl (C=O) groups is 1. The molecule has 218 valence electrons. The molecule has 0 N–H and O–H groups in total. The minimum Gasteiger partial charge on any atom is -0.497 e. The van der Waals surface area contributed by atoms with Crippen molar-refractivity contribution in [1.82, 2.24) is 0 Å². The number of ketones is 1. The Morgan fingerprint density at radius 3 is 1.60 bits per heavy atom. The number of fused-ring (bicyclic) bond motifs is 10. The van der Waals surface area contributed by atoms with E-state index >= 15 is 0 Å². The van der Waals surface area contributed by atoms with E-state index in [0.717, 1.165) is 11.5 Å². The monoisotopic (exact) mass is 584 g/mol. The third-order valence-electron chi connectivity index (χ3n) is 9.46. The van der Waals surface area contributed by atoms with Gasteiger partial charge in [-0.25, -0.2) is 0 Å². The minimum atomic E-state index is -0.434. The van der Waals surface area contributed by atoms with Gasteiger partial charge in [-0.05, 0) is 117 Å². The van der Waals surface area contributed by atoms with Gasteiger partial charge in [-0.2, -0.15) is 0 Å². The zero-order chi connectivity index (χ0) is 30.7. The molecule has 0 amide bonds. The maximum atomic E-state index is 13.1. The van der Waals surface area contributed by atoms with Gasteiger partial charge < -0.3 is 9.47 Å². The summed E-state index contributed by atoms with van der Waals surface area (Å²) in [5.74, 6) is 2.54. The molecular weight excluding hydrogens is 552 g/mol. The molecule has 0 saturated heterocycles. The Hall–Kier alpha value is -5.41. The lowest BCUT2D eigenvalue weighted by molar-refractivity contribution is 0.103. The second kappa shape index (κ2) is 10.3. The number of benzene rings is 6. The molecule has 1 spiro atoms. The molecule has 0 bridgehead atoms. The molecule has 8 rings (SSSR count). The van der Waals surface area contributed by atoms with Crippen molar-refractivity contribution < 1.29 is 14.3 Å². The van der Waals surface area contributed by atoms with Crippen LogP contribution in [0.4, 0.5) is 0 Å². The van der Waals surface area contributed by atoms with E-state index in [1.54, 1.807) is 31.4 Å². The van der Waals surface area contributed by atoms with Crippen LogP contribution in [0.5, 0.6) is 17.2 Å². The van der Waals surface area contributed by atoms with Gasteiger partial charge in [0.25, 0.3) is 0 Å². The van der Waals surface area contributed by atoms with Crippen molar-refractivity contribution in [2.24, 2.45) is 0 Å². The number of methoxy groups -OCH3 is 1. The molecular formula is C42H32O3. The number of hydrogen-bond donors (Lipinski definition) is 0. The summed E-state index contributed by atoms with van der Waals surface area (Å²) in [6.45, 7) is 4.52. The summed E-state index contributed by atoms with van der Waals surface area (Å²) >= 11 is 0. The molecule has 0 heterocycles. The van der Waals surface area contributed by atoms with E-state index in [1.165, 1.54) is 50.1 Å². The third kappa shape index (κ3) is 4.08. The first-order chi connectivity index (χ1) is 22.0. The van der Waals surface area contributed by atoms with E-state index in [2.05, 4.69) is 98.8 Å². The Bertz CT molecular complexity index is 2060. The van der Waals surface area contributed by atoms with Crippen molar-refractivity contribution in [3.05, 3.63) is 172 Å². The highest BCUT2D eigenvalue weighted by Crippen LogP contribution is 2.63. The molecule has 0 fully saturated rings. The molecule has 0 unspecified atom stereocenters. The van der Waals surface area contributed by atoms with Crippen LogP contribution >= 0.6 is 0 Å². The molecule has 2 aliphatic carbocycles. The number of rotatable bonds is 6. The highest BCUT2D eigenvalue weighted by Gasteiger charge is 2.51.